The van der Waals surface area contributed by atoms with Crippen molar-refractivity contribution >= 4 is 0 Å². The van der Waals surface area contributed by atoms with Crippen molar-refractivity contribution in [3.05, 3.63) is 0 Å². The second kappa shape index (κ2) is 12.8. The monoisotopic (exact) mass is 237 g/mol. The summed E-state index contributed by atoms with van der Waals surface area (Å²) in [4.78, 5) is 0. The van der Waals surface area contributed by atoms with Crippen molar-refractivity contribution < 1.29 is 24.4 Å². The molecule has 0 aromatic carbocycles. The SMILES string of the molecule is NCCOCCCC(COCO)COCO. The third-order valence-electron chi connectivity index (χ3n) is 2.05. The standard InChI is InChI=1S/C10H23NO5/c11-3-5-14-4-1-2-10(6-15-8-12)7-16-9-13/h10,12-13H,1-9,11H2. The minimum atomic E-state index is -0.292. The van der Waals surface area contributed by atoms with Crippen LogP contribution in [0.3, 0.4) is 0 Å². The number of aliphatic hydroxyl groups is 2. The summed E-state index contributed by atoms with van der Waals surface area (Å²) in [5.41, 5.74) is 5.28. The summed E-state index contributed by atoms with van der Waals surface area (Å²) in [7, 11) is 0. The highest BCUT2D eigenvalue weighted by molar-refractivity contribution is 4.57. The van der Waals surface area contributed by atoms with Crippen LogP contribution < -0.4 is 5.73 Å². The molecular weight excluding hydrogens is 214 g/mol. The summed E-state index contributed by atoms with van der Waals surface area (Å²) >= 11 is 0. The molecule has 6 heteroatoms. The summed E-state index contributed by atoms with van der Waals surface area (Å²) < 4.78 is 15.0. The zero-order valence-corrected chi connectivity index (χ0v) is 9.64. The molecule has 0 atom stereocenters. The lowest BCUT2D eigenvalue weighted by atomic mass is 10.1. The van der Waals surface area contributed by atoms with E-state index in [9.17, 15) is 0 Å². The van der Waals surface area contributed by atoms with Gasteiger partial charge >= 0.3 is 0 Å². The van der Waals surface area contributed by atoms with Crippen LogP contribution >= 0.6 is 0 Å². The molecule has 98 valence electrons. The fraction of sp³-hybridized carbons (Fsp3) is 1.00. The van der Waals surface area contributed by atoms with Gasteiger partial charge in [0.15, 0.2) is 0 Å². The fourth-order valence-corrected chi connectivity index (χ4v) is 1.31. The third-order valence-corrected chi connectivity index (χ3v) is 2.05. The van der Waals surface area contributed by atoms with Crippen LogP contribution in [0.15, 0.2) is 0 Å². The Morgan fingerprint density at radius 3 is 2.06 bits per heavy atom. The molecular formula is C10H23NO5. The van der Waals surface area contributed by atoms with Crippen LogP contribution in [-0.4, -0.2) is 56.8 Å². The molecule has 0 unspecified atom stereocenters. The van der Waals surface area contributed by atoms with Crippen LogP contribution in [-0.2, 0) is 14.2 Å². The molecule has 0 fully saturated rings. The molecule has 0 heterocycles. The number of ether oxygens (including phenoxy) is 3. The average molecular weight is 237 g/mol. The van der Waals surface area contributed by atoms with E-state index in [1.54, 1.807) is 0 Å². The zero-order valence-electron chi connectivity index (χ0n) is 9.64. The highest BCUT2D eigenvalue weighted by atomic mass is 16.6. The Morgan fingerprint density at radius 1 is 0.938 bits per heavy atom. The first kappa shape index (κ1) is 15.8. The van der Waals surface area contributed by atoms with Gasteiger partial charge in [-0.2, -0.15) is 0 Å². The molecule has 6 nitrogen and oxygen atoms in total. The summed E-state index contributed by atoms with van der Waals surface area (Å²) in [6.07, 6.45) is 1.75. The Balaban J connectivity index is 3.48. The van der Waals surface area contributed by atoms with Gasteiger partial charge in [0, 0.05) is 19.1 Å². The molecule has 0 aromatic rings. The van der Waals surface area contributed by atoms with Gasteiger partial charge in [0.1, 0.15) is 13.6 Å². The van der Waals surface area contributed by atoms with Crippen LogP contribution in [0.2, 0.25) is 0 Å². The first-order valence-electron chi connectivity index (χ1n) is 5.50. The van der Waals surface area contributed by atoms with E-state index in [0.29, 0.717) is 33.0 Å². The maximum atomic E-state index is 8.53. The minimum absolute atomic E-state index is 0.167. The van der Waals surface area contributed by atoms with Gasteiger partial charge in [0.25, 0.3) is 0 Å². The summed E-state index contributed by atoms with van der Waals surface area (Å²) in [6, 6.07) is 0. The first-order chi connectivity index (χ1) is 7.85. The second-order valence-electron chi connectivity index (χ2n) is 3.41. The zero-order chi connectivity index (χ0) is 12.1. The predicted molar refractivity (Wildman–Crippen MR) is 58.7 cm³/mol. The third kappa shape index (κ3) is 10.3. The van der Waals surface area contributed by atoms with Crippen molar-refractivity contribution in [3.8, 4) is 0 Å². The van der Waals surface area contributed by atoms with E-state index >= 15 is 0 Å². The van der Waals surface area contributed by atoms with Gasteiger partial charge in [0.05, 0.1) is 19.8 Å². The molecule has 0 aromatic heterocycles. The smallest absolute Gasteiger partial charge is 0.143 e. The van der Waals surface area contributed by atoms with Crippen molar-refractivity contribution in [2.75, 3.05) is 46.6 Å². The van der Waals surface area contributed by atoms with E-state index in [-0.39, 0.29) is 19.5 Å². The number of aliphatic hydroxyl groups excluding tert-OH is 2. The highest BCUT2D eigenvalue weighted by Crippen LogP contribution is 2.08. The molecule has 0 radical (unpaired) electrons. The Labute approximate surface area is 96.3 Å². The lowest BCUT2D eigenvalue weighted by Crippen LogP contribution is -2.18. The fourth-order valence-electron chi connectivity index (χ4n) is 1.31. The molecule has 0 saturated carbocycles. The van der Waals surface area contributed by atoms with Crippen molar-refractivity contribution in [3.63, 3.8) is 0 Å². The lowest BCUT2D eigenvalue weighted by Gasteiger charge is -2.15. The number of nitrogens with two attached hydrogens (primary N) is 1. The van der Waals surface area contributed by atoms with Crippen molar-refractivity contribution in [1.29, 1.82) is 0 Å². The van der Waals surface area contributed by atoms with Crippen LogP contribution in [0, 0.1) is 5.92 Å². The van der Waals surface area contributed by atoms with Gasteiger partial charge in [-0.15, -0.1) is 0 Å². The van der Waals surface area contributed by atoms with Crippen LogP contribution in [0.25, 0.3) is 0 Å². The number of rotatable bonds is 12. The normalized spacial score (nSPS) is 11.2. The van der Waals surface area contributed by atoms with E-state index in [4.69, 9.17) is 30.2 Å². The largest absolute Gasteiger partial charge is 0.380 e. The van der Waals surface area contributed by atoms with E-state index in [2.05, 4.69) is 0 Å². The summed E-state index contributed by atoms with van der Waals surface area (Å²) in [6.45, 7) is 2.03. The maximum absolute atomic E-state index is 8.53. The van der Waals surface area contributed by atoms with Gasteiger partial charge in [-0.1, -0.05) is 0 Å². The van der Waals surface area contributed by atoms with Crippen LogP contribution in [0.1, 0.15) is 12.8 Å². The Morgan fingerprint density at radius 2 is 1.56 bits per heavy atom. The highest BCUT2D eigenvalue weighted by Gasteiger charge is 2.09. The molecule has 0 aliphatic rings. The molecule has 0 spiro atoms. The molecule has 0 aliphatic heterocycles. The second-order valence-corrected chi connectivity index (χ2v) is 3.41. The van der Waals surface area contributed by atoms with E-state index in [1.165, 1.54) is 0 Å². The van der Waals surface area contributed by atoms with E-state index in [0.717, 1.165) is 12.8 Å². The van der Waals surface area contributed by atoms with Crippen LogP contribution in [0.4, 0.5) is 0 Å². The molecule has 0 bridgehead atoms. The van der Waals surface area contributed by atoms with Gasteiger partial charge in [-0.05, 0) is 12.8 Å². The molecule has 4 N–H and O–H groups in total. The Bertz CT molecular complexity index is 128. The van der Waals surface area contributed by atoms with E-state index < -0.39 is 0 Å². The first-order valence-corrected chi connectivity index (χ1v) is 5.50. The summed E-state index contributed by atoms with van der Waals surface area (Å²) in [5, 5.41) is 17.1. The average Bonchev–Trinajstić information content (AvgIpc) is 2.31. The minimum Gasteiger partial charge on any atom is -0.380 e. The molecule has 0 saturated heterocycles. The molecule has 0 rings (SSSR count). The van der Waals surface area contributed by atoms with Gasteiger partial charge in [-0.25, -0.2) is 0 Å². The topological polar surface area (TPSA) is 94.2 Å². The van der Waals surface area contributed by atoms with Gasteiger partial charge < -0.3 is 30.2 Å². The quantitative estimate of drug-likeness (QED) is 0.307. The van der Waals surface area contributed by atoms with Crippen LogP contribution in [0.5, 0.6) is 0 Å². The van der Waals surface area contributed by atoms with Gasteiger partial charge in [-0.3, -0.25) is 0 Å². The van der Waals surface area contributed by atoms with Crippen molar-refractivity contribution in [2.24, 2.45) is 11.7 Å². The Kier molecular flexibility index (Phi) is 12.6. The van der Waals surface area contributed by atoms with E-state index in [1.807, 2.05) is 0 Å². The van der Waals surface area contributed by atoms with Crippen molar-refractivity contribution in [2.45, 2.75) is 12.8 Å². The number of hydrogen-bond donors (Lipinski definition) is 3. The van der Waals surface area contributed by atoms with Crippen molar-refractivity contribution in [1.82, 2.24) is 0 Å². The number of hydrogen-bond acceptors (Lipinski definition) is 6. The maximum Gasteiger partial charge on any atom is 0.143 e. The summed E-state index contributed by atoms with van der Waals surface area (Å²) in [5.74, 6) is 0.167. The predicted octanol–water partition coefficient (Wildman–Crippen LogP) is -0.709. The molecule has 16 heavy (non-hydrogen) atoms. The lowest BCUT2D eigenvalue weighted by molar-refractivity contribution is -0.0594. The van der Waals surface area contributed by atoms with Gasteiger partial charge in [0.2, 0.25) is 0 Å². The molecule has 0 aliphatic carbocycles. The molecule has 0 amide bonds. The Hall–Kier alpha value is -0.240.